The van der Waals surface area contributed by atoms with Crippen LogP contribution in [0.25, 0.3) is 5.57 Å². The lowest BCUT2D eigenvalue weighted by Gasteiger charge is -2.38. The summed E-state index contributed by atoms with van der Waals surface area (Å²) in [6, 6.07) is 15.5. The van der Waals surface area contributed by atoms with Crippen molar-refractivity contribution in [1.82, 2.24) is 9.88 Å². The van der Waals surface area contributed by atoms with Crippen molar-refractivity contribution in [3.63, 3.8) is 0 Å². The maximum Gasteiger partial charge on any atom is 0.227 e. The molecule has 0 spiro atoms. The van der Waals surface area contributed by atoms with E-state index in [0.717, 1.165) is 59.8 Å². The number of piperidine rings is 1. The van der Waals surface area contributed by atoms with Gasteiger partial charge in [-0.1, -0.05) is 42.0 Å². The summed E-state index contributed by atoms with van der Waals surface area (Å²) < 4.78 is 12.0. The minimum Gasteiger partial charge on any atom is -0.468 e. The lowest BCUT2D eigenvalue weighted by Crippen LogP contribution is -2.42. The predicted octanol–water partition coefficient (Wildman–Crippen LogP) is 6.64. The van der Waals surface area contributed by atoms with Gasteiger partial charge in [-0.05, 0) is 78.9 Å². The summed E-state index contributed by atoms with van der Waals surface area (Å²) in [6.07, 6.45) is 16.4. The van der Waals surface area contributed by atoms with Gasteiger partial charge in [-0.3, -0.25) is 0 Å². The number of rotatable bonds is 5. The predicted molar refractivity (Wildman–Crippen MR) is 145 cm³/mol. The van der Waals surface area contributed by atoms with E-state index >= 15 is 0 Å². The Morgan fingerprint density at radius 2 is 1.95 bits per heavy atom. The van der Waals surface area contributed by atoms with Gasteiger partial charge in [-0.15, -0.1) is 0 Å². The average Bonchev–Trinajstić information content (AvgIpc) is 3.40. The Hall–Kier alpha value is -3.38. The Kier molecular flexibility index (Phi) is 6.59. The first kappa shape index (κ1) is 24.0. The minimum atomic E-state index is -0.786. The van der Waals surface area contributed by atoms with Gasteiger partial charge < -0.3 is 19.2 Å². The van der Waals surface area contributed by atoms with Crippen molar-refractivity contribution < 1.29 is 14.3 Å². The largest absolute Gasteiger partial charge is 0.468 e. The Bertz CT molecular complexity index is 1380. The summed E-state index contributed by atoms with van der Waals surface area (Å²) in [5.41, 5.74) is 3.31. The van der Waals surface area contributed by atoms with Crippen LogP contribution >= 0.6 is 11.6 Å². The molecular formula is C31H29ClN2O3. The zero-order valence-corrected chi connectivity index (χ0v) is 21.3. The van der Waals surface area contributed by atoms with E-state index in [0.29, 0.717) is 23.7 Å². The van der Waals surface area contributed by atoms with E-state index in [1.54, 1.807) is 12.5 Å². The van der Waals surface area contributed by atoms with Crippen LogP contribution in [0, 0.1) is 0 Å². The first-order chi connectivity index (χ1) is 18.1. The monoisotopic (exact) mass is 512 g/mol. The van der Waals surface area contributed by atoms with Crippen LogP contribution in [-0.2, 0) is 5.60 Å². The number of likely N-dealkylation sites (tertiary alicyclic amines) is 1. The summed E-state index contributed by atoms with van der Waals surface area (Å²) in [6.45, 7) is 2.62. The number of aromatic nitrogens is 1. The third-order valence-corrected chi connectivity index (χ3v) is 7.75. The van der Waals surface area contributed by atoms with Gasteiger partial charge in [-0.25, -0.2) is 4.98 Å². The molecule has 0 saturated carbocycles. The van der Waals surface area contributed by atoms with Crippen molar-refractivity contribution in [2.24, 2.45) is 0 Å². The number of halogens is 1. The fraction of sp³-hybridized carbons (Fsp3) is 0.258. The van der Waals surface area contributed by atoms with Crippen molar-refractivity contribution >= 4 is 17.2 Å². The van der Waals surface area contributed by atoms with Crippen molar-refractivity contribution in [3.05, 3.63) is 125 Å². The Balaban J connectivity index is 1.19. The topological polar surface area (TPSA) is 58.7 Å². The maximum absolute atomic E-state index is 11.2. The molecule has 1 aromatic carbocycles. The Morgan fingerprint density at radius 3 is 2.73 bits per heavy atom. The van der Waals surface area contributed by atoms with Crippen molar-refractivity contribution in [3.8, 4) is 5.88 Å². The van der Waals surface area contributed by atoms with Crippen LogP contribution < -0.4 is 4.74 Å². The van der Waals surface area contributed by atoms with Crippen molar-refractivity contribution in [2.45, 2.75) is 30.8 Å². The minimum absolute atomic E-state index is 0.0136. The number of hydrogen-bond donors (Lipinski definition) is 1. The molecule has 37 heavy (non-hydrogen) atoms. The van der Waals surface area contributed by atoms with Gasteiger partial charge >= 0.3 is 0 Å². The summed E-state index contributed by atoms with van der Waals surface area (Å²) >= 11 is 6.03. The lowest BCUT2D eigenvalue weighted by atomic mass is 9.84. The van der Waals surface area contributed by atoms with Gasteiger partial charge in [0.1, 0.15) is 11.5 Å². The van der Waals surface area contributed by atoms with Crippen LogP contribution in [-0.4, -0.2) is 34.6 Å². The molecule has 5 nitrogen and oxygen atoms in total. The molecule has 6 rings (SSSR count). The van der Waals surface area contributed by atoms with Gasteiger partial charge in [0.25, 0.3) is 0 Å². The number of pyridine rings is 1. The Morgan fingerprint density at radius 1 is 1.11 bits per heavy atom. The number of ether oxygens (including phenoxy) is 1. The van der Waals surface area contributed by atoms with Gasteiger partial charge in [0, 0.05) is 42.0 Å². The SMILES string of the molecule is OC1(c2ccc(Cl)cc2)CCN(CCC=C2C=C3C(=CC=CC3c3ccco3)Oc3ncccc32)CC1. The number of furan rings is 1. The smallest absolute Gasteiger partial charge is 0.227 e. The third-order valence-electron chi connectivity index (χ3n) is 7.49. The molecule has 1 aliphatic carbocycles. The summed E-state index contributed by atoms with van der Waals surface area (Å²) in [5, 5.41) is 11.9. The van der Waals surface area contributed by atoms with Crippen molar-refractivity contribution in [1.29, 1.82) is 0 Å². The van der Waals surface area contributed by atoms with E-state index in [4.69, 9.17) is 20.8 Å². The maximum atomic E-state index is 11.2. The third kappa shape index (κ3) is 4.95. The molecule has 3 aliphatic rings. The number of benzene rings is 1. The van der Waals surface area contributed by atoms with Crippen LogP contribution in [0.4, 0.5) is 0 Å². The summed E-state index contributed by atoms with van der Waals surface area (Å²) in [7, 11) is 0. The van der Waals surface area contributed by atoms with Crippen LogP contribution in [0.1, 0.15) is 42.1 Å². The molecule has 6 heteroatoms. The zero-order valence-electron chi connectivity index (χ0n) is 20.5. The molecule has 0 amide bonds. The molecule has 2 aliphatic heterocycles. The van der Waals surface area contributed by atoms with Gasteiger partial charge in [0.15, 0.2) is 0 Å². The number of fused-ring (bicyclic) bond motifs is 2. The van der Waals surface area contributed by atoms with Gasteiger partial charge in [0.05, 0.1) is 17.8 Å². The van der Waals surface area contributed by atoms with Crippen LogP contribution in [0.15, 0.2) is 107 Å². The first-order valence-corrected chi connectivity index (χ1v) is 13.1. The second-order valence-corrected chi connectivity index (χ2v) is 10.2. The molecular weight excluding hydrogens is 484 g/mol. The average molecular weight is 513 g/mol. The Labute approximate surface area is 222 Å². The highest BCUT2D eigenvalue weighted by molar-refractivity contribution is 6.30. The number of aliphatic hydroxyl groups is 1. The van der Waals surface area contributed by atoms with Gasteiger partial charge in [-0.2, -0.15) is 0 Å². The molecule has 1 saturated heterocycles. The fourth-order valence-corrected chi connectivity index (χ4v) is 5.51. The molecule has 1 fully saturated rings. The van der Waals surface area contributed by atoms with Crippen LogP contribution in [0.5, 0.6) is 5.88 Å². The van der Waals surface area contributed by atoms with E-state index in [9.17, 15) is 5.11 Å². The van der Waals surface area contributed by atoms with Gasteiger partial charge in [0.2, 0.25) is 5.88 Å². The molecule has 2 aromatic heterocycles. The molecule has 4 heterocycles. The highest BCUT2D eigenvalue weighted by Gasteiger charge is 2.34. The highest BCUT2D eigenvalue weighted by atomic mass is 35.5. The highest BCUT2D eigenvalue weighted by Crippen LogP contribution is 2.41. The summed E-state index contributed by atoms with van der Waals surface area (Å²) in [5.74, 6) is 2.28. The van der Waals surface area contributed by atoms with Crippen molar-refractivity contribution in [2.75, 3.05) is 19.6 Å². The molecule has 1 N–H and O–H groups in total. The standard InChI is InChI=1S/C31H29ClN2O3/c32-24-12-10-23(11-13-24)31(35)14-18-34(19-15-31)17-3-5-22-21-27-26(28-9-4-20-36-28)6-1-8-29(27)37-30-25(22)7-2-16-33-30/h1-2,4-13,16,20-21,26,35H,3,14-15,17-19H2. The fourth-order valence-electron chi connectivity index (χ4n) is 5.39. The molecule has 1 atom stereocenters. The van der Waals surface area contributed by atoms with E-state index in [1.807, 2.05) is 54.6 Å². The molecule has 3 aromatic rings. The normalized spacial score (nSPS) is 21.9. The van der Waals surface area contributed by atoms with E-state index < -0.39 is 5.60 Å². The molecule has 0 bridgehead atoms. The molecule has 1 unspecified atom stereocenters. The van der Waals surface area contributed by atoms with E-state index in [1.165, 1.54) is 0 Å². The second-order valence-electron chi connectivity index (χ2n) is 9.80. The first-order valence-electron chi connectivity index (χ1n) is 12.8. The number of nitrogens with zero attached hydrogens (tertiary/aromatic N) is 2. The number of hydrogen-bond acceptors (Lipinski definition) is 5. The molecule has 188 valence electrons. The van der Waals surface area contributed by atoms with E-state index in [-0.39, 0.29) is 5.92 Å². The number of allylic oxidation sites excluding steroid dienone is 6. The van der Waals surface area contributed by atoms with Crippen LogP contribution in [0.3, 0.4) is 0 Å². The van der Waals surface area contributed by atoms with E-state index in [2.05, 4.69) is 34.2 Å². The second kappa shape index (κ2) is 10.2. The summed E-state index contributed by atoms with van der Waals surface area (Å²) in [4.78, 5) is 6.95. The lowest BCUT2D eigenvalue weighted by molar-refractivity contribution is -0.0254. The van der Waals surface area contributed by atoms with Crippen LogP contribution in [0.2, 0.25) is 5.02 Å². The molecule has 0 radical (unpaired) electrons. The zero-order chi connectivity index (χ0) is 25.2. The quantitative estimate of drug-likeness (QED) is 0.415.